The predicted octanol–water partition coefficient (Wildman–Crippen LogP) is 1.40. The summed E-state index contributed by atoms with van der Waals surface area (Å²) in [6.45, 7) is 5.60. The Labute approximate surface area is 88.0 Å². The Balaban J connectivity index is 0.000000146. The van der Waals surface area contributed by atoms with Crippen molar-refractivity contribution in [1.82, 2.24) is 9.80 Å². The van der Waals surface area contributed by atoms with Crippen molar-refractivity contribution in [3.05, 3.63) is 0 Å². The van der Waals surface area contributed by atoms with Crippen LogP contribution in [0.2, 0.25) is 0 Å². The maximum atomic E-state index is 5.23. The third kappa shape index (κ3) is 5.58. The molecule has 0 unspecified atom stereocenters. The van der Waals surface area contributed by atoms with Crippen LogP contribution in [-0.4, -0.2) is 56.9 Å². The zero-order chi connectivity index (χ0) is 10.2. The molecule has 0 aromatic heterocycles. The Hall–Kier alpha value is -0.120. The van der Waals surface area contributed by atoms with Crippen LogP contribution in [0.25, 0.3) is 0 Å². The molecule has 0 saturated carbocycles. The average Bonchev–Trinajstić information content (AvgIpc) is 2.51. The van der Waals surface area contributed by atoms with Crippen LogP contribution in [0.3, 0.4) is 0 Å². The van der Waals surface area contributed by atoms with Crippen molar-refractivity contribution in [2.45, 2.75) is 25.7 Å². The molecule has 3 nitrogen and oxygen atoms in total. The first-order chi connectivity index (χ1) is 6.79. The molecule has 0 aromatic carbocycles. The standard InChI is InChI=1S/C6H13NO.C5H11N/c1-7-4-2-3-5-8-6-7;1-6-4-2-3-5-6/h2-6H2,1H3;2-5H2,1H3. The molecule has 0 spiro atoms. The molecule has 2 heterocycles. The van der Waals surface area contributed by atoms with E-state index in [0.717, 1.165) is 13.3 Å². The molecule has 0 N–H and O–H groups in total. The summed E-state index contributed by atoms with van der Waals surface area (Å²) in [4.78, 5) is 4.56. The lowest BCUT2D eigenvalue weighted by Gasteiger charge is -2.10. The van der Waals surface area contributed by atoms with Crippen molar-refractivity contribution >= 4 is 0 Å². The highest BCUT2D eigenvalue weighted by atomic mass is 16.5. The normalized spacial score (nSPS) is 25.3. The number of rotatable bonds is 0. The van der Waals surface area contributed by atoms with Gasteiger partial charge in [-0.05, 0) is 52.9 Å². The smallest absolute Gasteiger partial charge is 0.0987 e. The van der Waals surface area contributed by atoms with Gasteiger partial charge in [-0.15, -0.1) is 0 Å². The van der Waals surface area contributed by atoms with Crippen molar-refractivity contribution in [3.63, 3.8) is 0 Å². The van der Waals surface area contributed by atoms with Crippen LogP contribution in [0.5, 0.6) is 0 Å². The van der Waals surface area contributed by atoms with E-state index in [1.54, 1.807) is 0 Å². The molecule has 3 heteroatoms. The third-order valence-electron chi connectivity index (χ3n) is 2.72. The first kappa shape index (κ1) is 12.0. The van der Waals surface area contributed by atoms with E-state index in [4.69, 9.17) is 4.74 Å². The number of ether oxygens (including phenoxy) is 1. The fourth-order valence-corrected chi connectivity index (χ4v) is 1.75. The molecule has 2 fully saturated rings. The quantitative estimate of drug-likeness (QED) is 0.588. The SMILES string of the molecule is CN1CCCC1.CN1CCCCOC1. The van der Waals surface area contributed by atoms with Crippen molar-refractivity contribution < 1.29 is 4.74 Å². The van der Waals surface area contributed by atoms with Gasteiger partial charge in [0.05, 0.1) is 6.73 Å². The van der Waals surface area contributed by atoms with Crippen LogP contribution in [0.1, 0.15) is 25.7 Å². The molecule has 14 heavy (non-hydrogen) atoms. The molecular formula is C11H24N2O. The van der Waals surface area contributed by atoms with E-state index in [0.29, 0.717) is 0 Å². The minimum atomic E-state index is 0.819. The van der Waals surface area contributed by atoms with Gasteiger partial charge in [0.2, 0.25) is 0 Å². The maximum absolute atomic E-state index is 5.23. The van der Waals surface area contributed by atoms with Crippen molar-refractivity contribution in [3.8, 4) is 0 Å². The van der Waals surface area contributed by atoms with Crippen molar-refractivity contribution in [2.75, 3.05) is 47.1 Å². The molecule has 0 radical (unpaired) electrons. The van der Waals surface area contributed by atoms with Gasteiger partial charge in [0.25, 0.3) is 0 Å². The zero-order valence-corrected chi connectivity index (χ0v) is 9.67. The lowest BCUT2D eigenvalue weighted by atomic mass is 10.3. The van der Waals surface area contributed by atoms with Crippen molar-refractivity contribution in [2.24, 2.45) is 0 Å². The topological polar surface area (TPSA) is 15.7 Å². The molecule has 84 valence electrons. The van der Waals surface area contributed by atoms with E-state index in [1.807, 2.05) is 0 Å². The fourth-order valence-electron chi connectivity index (χ4n) is 1.75. The Morgan fingerprint density at radius 3 is 1.93 bits per heavy atom. The highest BCUT2D eigenvalue weighted by molar-refractivity contribution is 4.59. The van der Waals surface area contributed by atoms with E-state index in [1.165, 1.54) is 45.3 Å². The van der Waals surface area contributed by atoms with Gasteiger partial charge >= 0.3 is 0 Å². The summed E-state index contributed by atoms with van der Waals surface area (Å²) in [5.41, 5.74) is 0. The third-order valence-corrected chi connectivity index (χ3v) is 2.72. The number of hydrogen-bond acceptors (Lipinski definition) is 3. The Kier molecular flexibility index (Phi) is 6.15. The summed E-state index contributed by atoms with van der Waals surface area (Å²) in [5.74, 6) is 0. The van der Waals surface area contributed by atoms with E-state index >= 15 is 0 Å². The second kappa shape index (κ2) is 7.21. The summed E-state index contributed by atoms with van der Waals surface area (Å²) >= 11 is 0. The van der Waals surface area contributed by atoms with Gasteiger partial charge in [0.1, 0.15) is 0 Å². The van der Waals surface area contributed by atoms with Gasteiger partial charge < -0.3 is 9.64 Å². The van der Waals surface area contributed by atoms with Gasteiger partial charge in [-0.1, -0.05) is 0 Å². The molecule has 2 aliphatic heterocycles. The summed E-state index contributed by atoms with van der Waals surface area (Å²) in [6, 6.07) is 0. The summed E-state index contributed by atoms with van der Waals surface area (Å²) < 4.78 is 5.23. The molecule has 2 aliphatic rings. The van der Waals surface area contributed by atoms with Crippen LogP contribution in [-0.2, 0) is 4.74 Å². The van der Waals surface area contributed by atoms with Crippen LogP contribution in [0.15, 0.2) is 0 Å². The van der Waals surface area contributed by atoms with Gasteiger partial charge in [0.15, 0.2) is 0 Å². The zero-order valence-electron chi connectivity index (χ0n) is 9.67. The highest BCUT2D eigenvalue weighted by Gasteiger charge is 2.03. The van der Waals surface area contributed by atoms with Gasteiger partial charge in [-0.3, -0.25) is 4.90 Å². The Morgan fingerprint density at radius 1 is 0.786 bits per heavy atom. The molecule has 0 atom stereocenters. The summed E-state index contributed by atoms with van der Waals surface area (Å²) in [5, 5.41) is 0. The predicted molar refractivity (Wildman–Crippen MR) is 59.4 cm³/mol. The second-order valence-corrected chi connectivity index (χ2v) is 4.33. The molecule has 0 aromatic rings. The van der Waals surface area contributed by atoms with Crippen LogP contribution < -0.4 is 0 Å². The van der Waals surface area contributed by atoms with Crippen LogP contribution in [0, 0.1) is 0 Å². The lowest BCUT2D eigenvalue weighted by molar-refractivity contribution is 0.0647. The first-order valence-corrected chi connectivity index (χ1v) is 5.74. The summed E-state index contributed by atoms with van der Waals surface area (Å²) in [6.07, 6.45) is 5.34. The molecule has 0 aliphatic carbocycles. The molecule has 2 rings (SSSR count). The van der Waals surface area contributed by atoms with Gasteiger partial charge in [-0.2, -0.15) is 0 Å². The number of hydrogen-bond donors (Lipinski definition) is 0. The molecule has 0 bridgehead atoms. The molecule has 2 saturated heterocycles. The van der Waals surface area contributed by atoms with E-state index in [9.17, 15) is 0 Å². The second-order valence-electron chi connectivity index (χ2n) is 4.33. The van der Waals surface area contributed by atoms with Crippen LogP contribution in [0.4, 0.5) is 0 Å². The fraction of sp³-hybridized carbons (Fsp3) is 1.00. The van der Waals surface area contributed by atoms with E-state index in [-0.39, 0.29) is 0 Å². The van der Waals surface area contributed by atoms with Gasteiger partial charge in [-0.25, -0.2) is 0 Å². The van der Waals surface area contributed by atoms with E-state index in [2.05, 4.69) is 23.9 Å². The maximum Gasteiger partial charge on any atom is 0.0987 e. The largest absolute Gasteiger partial charge is 0.366 e. The molecule has 0 amide bonds. The monoisotopic (exact) mass is 200 g/mol. The number of likely N-dealkylation sites (tertiary alicyclic amines) is 1. The highest BCUT2D eigenvalue weighted by Crippen LogP contribution is 2.02. The number of nitrogens with zero attached hydrogens (tertiary/aromatic N) is 2. The Bertz CT molecular complexity index is 127. The van der Waals surface area contributed by atoms with Crippen molar-refractivity contribution in [1.29, 1.82) is 0 Å². The molecular weight excluding hydrogens is 176 g/mol. The van der Waals surface area contributed by atoms with Crippen LogP contribution >= 0.6 is 0 Å². The Morgan fingerprint density at radius 2 is 1.36 bits per heavy atom. The lowest BCUT2D eigenvalue weighted by Crippen LogP contribution is -2.19. The minimum absolute atomic E-state index is 0.819. The first-order valence-electron chi connectivity index (χ1n) is 5.74. The van der Waals surface area contributed by atoms with E-state index < -0.39 is 0 Å². The minimum Gasteiger partial charge on any atom is -0.366 e. The average molecular weight is 200 g/mol. The summed E-state index contributed by atoms with van der Waals surface area (Å²) in [7, 11) is 4.26. The van der Waals surface area contributed by atoms with Gasteiger partial charge in [0, 0.05) is 13.2 Å².